The van der Waals surface area contributed by atoms with Crippen molar-refractivity contribution in [2.45, 2.75) is 38.1 Å². The van der Waals surface area contributed by atoms with Gasteiger partial charge in [0.1, 0.15) is 11.5 Å². The molecule has 0 unspecified atom stereocenters. The zero-order valence-electron chi connectivity index (χ0n) is 15.3. The molecule has 142 valence electrons. The highest BCUT2D eigenvalue weighted by molar-refractivity contribution is 6.36. The van der Waals surface area contributed by atoms with Gasteiger partial charge in [0.05, 0.1) is 22.7 Å². The number of imidazole rings is 1. The average molecular weight is 395 g/mol. The van der Waals surface area contributed by atoms with Crippen molar-refractivity contribution in [1.29, 1.82) is 0 Å². The van der Waals surface area contributed by atoms with E-state index in [0.29, 0.717) is 11.1 Å². The molecule has 0 spiro atoms. The number of hydrogen-bond donors (Lipinski definition) is 1. The molecule has 6 heteroatoms. The lowest BCUT2D eigenvalue weighted by atomic mass is 9.94. The van der Waals surface area contributed by atoms with E-state index >= 15 is 0 Å². The van der Waals surface area contributed by atoms with Crippen LogP contribution in [-0.4, -0.2) is 19.5 Å². The van der Waals surface area contributed by atoms with Crippen LogP contribution in [0.3, 0.4) is 0 Å². The van der Waals surface area contributed by atoms with Crippen molar-refractivity contribution in [3.05, 3.63) is 59.9 Å². The van der Waals surface area contributed by atoms with Gasteiger partial charge in [0, 0.05) is 34.9 Å². The number of fused-ring (bicyclic) bond motifs is 1. The van der Waals surface area contributed by atoms with E-state index in [4.69, 9.17) is 16.6 Å². The second kappa shape index (κ2) is 7.06. The minimum atomic E-state index is -0.253. The second-order valence-electron chi connectivity index (χ2n) is 7.37. The lowest BCUT2D eigenvalue weighted by Gasteiger charge is -2.25. The Balaban J connectivity index is 1.76. The standard InChI is InChI=1S/C22H20ClFN4/c23-18-12-26-22-19(18)17(10-11-25-22)21-20(14-6-8-15(24)9-7-14)27-13-28(21)16-4-2-1-3-5-16/h6-13,16H,1-5H2,(H,25,26). The number of pyridine rings is 1. The molecule has 0 radical (unpaired) electrons. The van der Waals surface area contributed by atoms with Crippen LogP contribution in [0.15, 0.2) is 49.1 Å². The van der Waals surface area contributed by atoms with Gasteiger partial charge in [-0.3, -0.25) is 0 Å². The summed E-state index contributed by atoms with van der Waals surface area (Å²) in [7, 11) is 0. The molecule has 5 rings (SSSR count). The molecule has 0 bridgehead atoms. The monoisotopic (exact) mass is 394 g/mol. The minimum absolute atomic E-state index is 0.253. The Morgan fingerprint density at radius 1 is 1.04 bits per heavy atom. The van der Waals surface area contributed by atoms with Gasteiger partial charge in [-0.2, -0.15) is 0 Å². The summed E-state index contributed by atoms with van der Waals surface area (Å²) >= 11 is 6.50. The molecular formula is C22H20ClFN4. The van der Waals surface area contributed by atoms with E-state index in [-0.39, 0.29) is 5.82 Å². The zero-order valence-corrected chi connectivity index (χ0v) is 16.1. The van der Waals surface area contributed by atoms with Gasteiger partial charge in [-0.05, 0) is 43.2 Å². The largest absolute Gasteiger partial charge is 0.345 e. The van der Waals surface area contributed by atoms with Crippen molar-refractivity contribution in [3.8, 4) is 22.5 Å². The van der Waals surface area contributed by atoms with Crippen molar-refractivity contribution in [2.75, 3.05) is 0 Å². The maximum atomic E-state index is 13.5. The Hall–Kier alpha value is -2.66. The van der Waals surface area contributed by atoms with E-state index in [9.17, 15) is 4.39 Å². The highest BCUT2D eigenvalue weighted by Gasteiger charge is 2.24. The fourth-order valence-corrected chi connectivity index (χ4v) is 4.54. The molecule has 4 nitrogen and oxygen atoms in total. The number of aromatic nitrogens is 4. The fourth-order valence-electron chi connectivity index (χ4n) is 4.30. The molecule has 1 aromatic carbocycles. The molecule has 4 aromatic rings. The van der Waals surface area contributed by atoms with Crippen LogP contribution in [0.4, 0.5) is 4.39 Å². The molecule has 0 amide bonds. The molecule has 0 atom stereocenters. The van der Waals surface area contributed by atoms with Crippen LogP contribution in [0, 0.1) is 5.82 Å². The summed E-state index contributed by atoms with van der Waals surface area (Å²) in [6, 6.07) is 8.92. The van der Waals surface area contributed by atoms with Crippen LogP contribution in [0.5, 0.6) is 0 Å². The molecule has 1 N–H and O–H groups in total. The molecule has 1 fully saturated rings. The van der Waals surface area contributed by atoms with Crippen LogP contribution in [0.25, 0.3) is 33.5 Å². The summed E-state index contributed by atoms with van der Waals surface area (Å²) in [6.45, 7) is 0. The van der Waals surface area contributed by atoms with E-state index in [1.165, 1.54) is 31.4 Å². The number of nitrogens with zero attached hydrogens (tertiary/aromatic N) is 3. The summed E-state index contributed by atoms with van der Waals surface area (Å²) < 4.78 is 15.8. The smallest absolute Gasteiger partial charge is 0.139 e. The number of aromatic amines is 1. The van der Waals surface area contributed by atoms with E-state index in [1.807, 2.05) is 12.4 Å². The number of rotatable bonds is 3. The third-order valence-corrected chi connectivity index (χ3v) is 5.96. The first-order valence-corrected chi connectivity index (χ1v) is 10.0. The first kappa shape index (κ1) is 17.4. The third kappa shape index (κ3) is 2.90. The summed E-state index contributed by atoms with van der Waals surface area (Å²) in [5.74, 6) is -0.253. The molecule has 1 aliphatic carbocycles. The maximum absolute atomic E-state index is 13.5. The number of halogens is 2. The SMILES string of the molecule is Fc1ccc(-c2ncn(C3CCCCC3)c2-c2ccnc3[nH]cc(Cl)c23)cc1. The Morgan fingerprint density at radius 3 is 2.61 bits per heavy atom. The molecular weight excluding hydrogens is 375 g/mol. The highest BCUT2D eigenvalue weighted by atomic mass is 35.5. The molecule has 28 heavy (non-hydrogen) atoms. The molecule has 3 heterocycles. The topological polar surface area (TPSA) is 46.5 Å². The Labute approximate surface area is 167 Å². The van der Waals surface area contributed by atoms with Crippen LogP contribution >= 0.6 is 11.6 Å². The van der Waals surface area contributed by atoms with E-state index in [1.54, 1.807) is 24.5 Å². The van der Waals surface area contributed by atoms with Crippen LogP contribution in [0.1, 0.15) is 38.1 Å². The van der Waals surface area contributed by atoms with E-state index < -0.39 is 0 Å². The molecule has 0 saturated heterocycles. The summed E-state index contributed by atoms with van der Waals surface area (Å²) in [6.07, 6.45) is 11.5. The third-order valence-electron chi connectivity index (χ3n) is 5.66. The lowest BCUT2D eigenvalue weighted by Crippen LogP contribution is -2.13. The predicted octanol–water partition coefficient (Wildman–Crippen LogP) is 6.39. The van der Waals surface area contributed by atoms with Gasteiger partial charge in [0.2, 0.25) is 0 Å². The van der Waals surface area contributed by atoms with Crippen molar-refractivity contribution in [1.82, 2.24) is 19.5 Å². The van der Waals surface area contributed by atoms with Crippen LogP contribution in [0.2, 0.25) is 5.02 Å². The first-order chi connectivity index (χ1) is 13.7. The number of hydrogen-bond acceptors (Lipinski definition) is 2. The number of nitrogens with one attached hydrogen (secondary N) is 1. The second-order valence-corrected chi connectivity index (χ2v) is 7.77. The van der Waals surface area contributed by atoms with Crippen molar-refractivity contribution < 1.29 is 4.39 Å². The first-order valence-electron chi connectivity index (χ1n) is 9.67. The van der Waals surface area contributed by atoms with E-state index in [0.717, 1.165) is 46.4 Å². The van der Waals surface area contributed by atoms with Crippen molar-refractivity contribution in [2.24, 2.45) is 0 Å². The maximum Gasteiger partial charge on any atom is 0.139 e. The quantitative estimate of drug-likeness (QED) is 0.437. The van der Waals surface area contributed by atoms with Crippen LogP contribution in [-0.2, 0) is 0 Å². The van der Waals surface area contributed by atoms with Crippen molar-refractivity contribution >= 4 is 22.6 Å². The molecule has 0 aliphatic heterocycles. The molecule has 3 aromatic heterocycles. The Kier molecular flexibility index (Phi) is 4.40. The van der Waals surface area contributed by atoms with E-state index in [2.05, 4.69) is 14.5 Å². The predicted molar refractivity (Wildman–Crippen MR) is 110 cm³/mol. The summed E-state index contributed by atoms with van der Waals surface area (Å²) in [5, 5.41) is 1.53. The number of H-pyrrole nitrogens is 1. The highest BCUT2D eigenvalue weighted by Crippen LogP contribution is 2.41. The Morgan fingerprint density at radius 2 is 1.82 bits per heavy atom. The van der Waals surface area contributed by atoms with Gasteiger partial charge >= 0.3 is 0 Å². The average Bonchev–Trinajstić information content (AvgIpc) is 3.34. The zero-order chi connectivity index (χ0) is 19.1. The lowest BCUT2D eigenvalue weighted by molar-refractivity contribution is 0.355. The van der Waals surface area contributed by atoms with Crippen molar-refractivity contribution in [3.63, 3.8) is 0 Å². The van der Waals surface area contributed by atoms with Gasteiger partial charge in [0.25, 0.3) is 0 Å². The van der Waals surface area contributed by atoms with Gasteiger partial charge in [-0.1, -0.05) is 30.9 Å². The molecule has 1 aliphatic rings. The van der Waals surface area contributed by atoms with Gasteiger partial charge in [0.15, 0.2) is 0 Å². The summed E-state index contributed by atoms with van der Waals surface area (Å²) in [4.78, 5) is 12.3. The molecule has 1 saturated carbocycles. The minimum Gasteiger partial charge on any atom is -0.345 e. The van der Waals surface area contributed by atoms with Gasteiger partial charge in [-0.25, -0.2) is 14.4 Å². The Bertz CT molecular complexity index is 1120. The number of benzene rings is 1. The summed E-state index contributed by atoms with van der Waals surface area (Å²) in [5.41, 5.74) is 4.51. The van der Waals surface area contributed by atoms with Gasteiger partial charge < -0.3 is 9.55 Å². The normalized spacial score (nSPS) is 15.4. The van der Waals surface area contributed by atoms with Crippen LogP contribution < -0.4 is 0 Å². The van der Waals surface area contributed by atoms with Gasteiger partial charge in [-0.15, -0.1) is 0 Å². The fraction of sp³-hybridized carbons (Fsp3) is 0.273.